The first-order valence-electron chi connectivity index (χ1n) is 7.01. The molecule has 0 aliphatic carbocycles. The molecule has 0 radical (unpaired) electrons. The highest BCUT2D eigenvalue weighted by atomic mass is 16.2. The molecule has 2 aromatic heterocycles. The van der Waals surface area contributed by atoms with Gasteiger partial charge in [0.15, 0.2) is 5.82 Å². The first-order chi connectivity index (χ1) is 10.5. The molecule has 7 heteroatoms. The Morgan fingerprint density at radius 1 is 1.27 bits per heavy atom. The van der Waals surface area contributed by atoms with Gasteiger partial charge in [0.1, 0.15) is 6.04 Å². The molecule has 22 heavy (non-hydrogen) atoms. The number of nitrogens with zero attached hydrogens (tertiary/aromatic N) is 3. The summed E-state index contributed by atoms with van der Waals surface area (Å²) in [7, 11) is 0. The second-order valence-electron chi connectivity index (χ2n) is 5.27. The van der Waals surface area contributed by atoms with Crippen LogP contribution in [0.15, 0.2) is 36.8 Å². The topological polar surface area (TPSA) is 88.9 Å². The fourth-order valence-corrected chi connectivity index (χ4v) is 1.97. The summed E-state index contributed by atoms with van der Waals surface area (Å²) in [5.41, 5.74) is 0.567. The van der Waals surface area contributed by atoms with Crippen LogP contribution in [0.25, 0.3) is 5.82 Å². The van der Waals surface area contributed by atoms with Crippen LogP contribution in [-0.2, 0) is 9.59 Å². The number of nitrogens with one attached hydrogen (secondary N) is 2. The molecule has 7 nitrogen and oxygen atoms in total. The molecular weight excluding hydrogens is 282 g/mol. The number of hydrogen-bond donors (Lipinski definition) is 2. The van der Waals surface area contributed by atoms with Crippen molar-refractivity contribution in [3.8, 4) is 5.82 Å². The van der Waals surface area contributed by atoms with Crippen molar-refractivity contribution in [1.82, 2.24) is 20.1 Å². The quantitative estimate of drug-likeness (QED) is 0.873. The smallest absolute Gasteiger partial charge is 0.247 e. The lowest BCUT2D eigenvalue weighted by Gasteiger charge is -2.20. The highest BCUT2D eigenvalue weighted by Gasteiger charge is 2.23. The van der Waals surface area contributed by atoms with Gasteiger partial charge in [-0.15, -0.1) is 0 Å². The molecule has 2 aromatic rings. The highest BCUT2D eigenvalue weighted by Crippen LogP contribution is 2.11. The summed E-state index contributed by atoms with van der Waals surface area (Å²) in [5, 5.41) is 9.48. The molecular formula is C15H19N5O2. The van der Waals surface area contributed by atoms with Crippen LogP contribution in [0.1, 0.15) is 20.8 Å². The van der Waals surface area contributed by atoms with E-state index in [2.05, 4.69) is 20.7 Å². The molecule has 0 saturated carbocycles. The molecule has 0 aromatic carbocycles. The van der Waals surface area contributed by atoms with Crippen LogP contribution in [-0.4, -0.2) is 32.6 Å². The predicted octanol–water partition coefficient (Wildman–Crippen LogP) is 1.37. The first-order valence-corrected chi connectivity index (χ1v) is 7.01. The fraction of sp³-hybridized carbons (Fsp3) is 0.333. The van der Waals surface area contributed by atoms with Gasteiger partial charge >= 0.3 is 0 Å². The van der Waals surface area contributed by atoms with E-state index < -0.39 is 6.04 Å². The zero-order valence-corrected chi connectivity index (χ0v) is 12.8. The minimum atomic E-state index is -0.580. The van der Waals surface area contributed by atoms with E-state index in [1.807, 2.05) is 13.8 Å². The van der Waals surface area contributed by atoms with Crippen LogP contribution in [0.3, 0.4) is 0 Å². The van der Waals surface area contributed by atoms with Gasteiger partial charge in [-0.05, 0) is 24.1 Å². The van der Waals surface area contributed by atoms with E-state index in [0.29, 0.717) is 11.5 Å². The SMILES string of the molecule is CC(=O)N[C@@H](C(=O)Nc1ccc(-n2cccn2)nc1)C(C)C. The molecule has 0 aliphatic rings. The summed E-state index contributed by atoms with van der Waals surface area (Å²) in [6.07, 6.45) is 5.00. The maximum atomic E-state index is 12.2. The Bertz CT molecular complexity index is 634. The van der Waals surface area contributed by atoms with Crippen molar-refractivity contribution >= 4 is 17.5 Å². The molecule has 0 unspecified atom stereocenters. The van der Waals surface area contributed by atoms with Crippen LogP contribution in [0.5, 0.6) is 0 Å². The maximum absolute atomic E-state index is 12.2. The van der Waals surface area contributed by atoms with Crippen molar-refractivity contribution in [2.24, 2.45) is 5.92 Å². The third-order valence-corrected chi connectivity index (χ3v) is 3.06. The average Bonchev–Trinajstić information content (AvgIpc) is 2.99. The largest absolute Gasteiger partial charge is 0.344 e. The third-order valence-electron chi connectivity index (χ3n) is 3.06. The van der Waals surface area contributed by atoms with Gasteiger partial charge in [-0.2, -0.15) is 5.10 Å². The van der Waals surface area contributed by atoms with Crippen LogP contribution in [0.2, 0.25) is 0 Å². The van der Waals surface area contributed by atoms with Gasteiger partial charge in [-0.25, -0.2) is 9.67 Å². The number of carbonyl (C=O) groups excluding carboxylic acids is 2. The van der Waals surface area contributed by atoms with Gasteiger partial charge in [0.25, 0.3) is 0 Å². The number of pyridine rings is 1. The average molecular weight is 301 g/mol. The Morgan fingerprint density at radius 3 is 2.55 bits per heavy atom. The number of anilines is 1. The summed E-state index contributed by atoms with van der Waals surface area (Å²) < 4.78 is 1.62. The predicted molar refractivity (Wildman–Crippen MR) is 82.4 cm³/mol. The third kappa shape index (κ3) is 3.91. The number of rotatable bonds is 5. The number of aromatic nitrogens is 3. The van der Waals surface area contributed by atoms with Gasteiger partial charge in [-0.1, -0.05) is 13.8 Å². The molecule has 2 N–H and O–H groups in total. The Kier molecular flexibility index (Phi) is 4.88. The first kappa shape index (κ1) is 15.7. The minimum absolute atomic E-state index is 0.0137. The molecule has 116 valence electrons. The molecule has 0 bridgehead atoms. The summed E-state index contributed by atoms with van der Waals surface area (Å²) in [6, 6.07) is 4.72. The van der Waals surface area contributed by atoms with Crippen LogP contribution < -0.4 is 10.6 Å². The Labute approximate surface area is 128 Å². The molecule has 2 amide bonds. The number of amides is 2. The van der Waals surface area contributed by atoms with E-state index in [9.17, 15) is 9.59 Å². The summed E-state index contributed by atoms with van der Waals surface area (Å²) in [6.45, 7) is 5.14. The summed E-state index contributed by atoms with van der Waals surface area (Å²) in [5.74, 6) is 0.144. The monoisotopic (exact) mass is 301 g/mol. The van der Waals surface area contributed by atoms with Crippen molar-refractivity contribution in [2.45, 2.75) is 26.8 Å². The zero-order valence-electron chi connectivity index (χ0n) is 12.8. The molecule has 0 aliphatic heterocycles. The van der Waals surface area contributed by atoms with Crippen molar-refractivity contribution in [1.29, 1.82) is 0 Å². The lowest BCUT2D eigenvalue weighted by Crippen LogP contribution is -2.46. The van der Waals surface area contributed by atoms with Crippen molar-refractivity contribution in [3.05, 3.63) is 36.8 Å². The van der Waals surface area contributed by atoms with Crippen LogP contribution in [0, 0.1) is 5.92 Å². The van der Waals surface area contributed by atoms with Gasteiger partial charge in [0.2, 0.25) is 11.8 Å². The molecule has 2 heterocycles. The van der Waals surface area contributed by atoms with Crippen molar-refractivity contribution in [2.75, 3.05) is 5.32 Å². The Balaban J connectivity index is 2.06. The van der Waals surface area contributed by atoms with Crippen LogP contribution >= 0.6 is 0 Å². The normalized spacial score (nSPS) is 12.0. The highest BCUT2D eigenvalue weighted by molar-refractivity contribution is 5.97. The summed E-state index contributed by atoms with van der Waals surface area (Å²) in [4.78, 5) is 27.6. The molecule has 0 saturated heterocycles. The molecule has 0 spiro atoms. The van der Waals surface area contributed by atoms with Gasteiger partial charge in [-0.3, -0.25) is 9.59 Å². The van der Waals surface area contributed by atoms with Gasteiger partial charge < -0.3 is 10.6 Å². The Morgan fingerprint density at radius 2 is 2.05 bits per heavy atom. The van der Waals surface area contributed by atoms with E-state index in [0.717, 1.165) is 0 Å². The zero-order chi connectivity index (χ0) is 16.1. The van der Waals surface area contributed by atoms with E-state index in [-0.39, 0.29) is 17.7 Å². The fourth-order valence-electron chi connectivity index (χ4n) is 1.97. The molecule has 0 fully saturated rings. The maximum Gasteiger partial charge on any atom is 0.247 e. The molecule has 2 rings (SSSR count). The molecule has 1 atom stereocenters. The minimum Gasteiger partial charge on any atom is -0.344 e. The standard InChI is InChI=1S/C15H19N5O2/c1-10(2)14(18-11(3)21)15(22)19-12-5-6-13(16-9-12)20-8-4-7-17-20/h4-10,14H,1-3H3,(H,18,21)(H,19,22)/t14-/m1/s1. The van der Waals surface area contributed by atoms with Gasteiger partial charge in [0.05, 0.1) is 11.9 Å². The van der Waals surface area contributed by atoms with E-state index in [4.69, 9.17) is 0 Å². The second-order valence-corrected chi connectivity index (χ2v) is 5.27. The van der Waals surface area contributed by atoms with Crippen LogP contribution in [0.4, 0.5) is 5.69 Å². The lowest BCUT2D eigenvalue weighted by molar-refractivity contribution is -0.126. The number of carbonyl (C=O) groups is 2. The number of hydrogen-bond acceptors (Lipinski definition) is 4. The van der Waals surface area contributed by atoms with E-state index >= 15 is 0 Å². The van der Waals surface area contributed by atoms with E-state index in [1.165, 1.54) is 6.92 Å². The Hall–Kier alpha value is -2.70. The lowest BCUT2D eigenvalue weighted by atomic mass is 10.0. The summed E-state index contributed by atoms with van der Waals surface area (Å²) >= 11 is 0. The van der Waals surface area contributed by atoms with Crippen molar-refractivity contribution < 1.29 is 9.59 Å². The van der Waals surface area contributed by atoms with Gasteiger partial charge in [0, 0.05) is 19.3 Å². The second kappa shape index (κ2) is 6.84. The van der Waals surface area contributed by atoms with E-state index in [1.54, 1.807) is 41.5 Å². The van der Waals surface area contributed by atoms with Crippen molar-refractivity contribution in [3.63, 3.8) is 0 Å².